The minimum Gasteiger partial charge on any atom is -0.336 e. The molecule has 4 nitrogen and oxygen atoms in total. The van der Waals surface area contributed by atoms with Crippen LogP contribution in [-0.2, 0) is 4.79 Å². The molecule has 0 aliphatic carbocycles. The molecule has 4 heteroatoms. The molecule has 1 aromatic carbocycles. The Balaban J connectivity index is 1.98. The number of amides is 1. The summed E-state index contributed by atoms with van der Waals surface area (Å²) in [6.45, 7) is 9.44. The molecule has 1 saturated heterocycles. The van der Waals surface area contributed by atoms with Gasteiger partial charge in [0, 0.05) is 6.54 Å². The van der Waals surface area contributed by atoms with Crippen LogP contribution < -0.4 is 5.32 Å². The van der Waals surface area contributed by atoms with Crippen LogP contribution in [0, 0.1) is 17.2 Å². The van der Waals surface area contributed by atoms with Crippen LogP contribution in [0.15, 0.2) is 30.3 Å². The Morgan fingerprint density at radius 2 is 2.00 bits per heavy atom. The molecule has 2 rings (SSSR count). The molecule has 23 heavy (non-hydrogen) atoms. The lowest BCUT2D eigenvalue weighted by atomic mass is 9.90. The van der Waals surface area contributed by atoms with Crippen LogP contribution in [0.4, 0.5) is 0 Å². The van der Waals surface area contributed by atoms with Crippen molar-refractivity contribution in [3.05, 3.63) is 35.9 Å². The van der Waals surface area contributed by atoms with Crippen LogP contribution in [0.3, 0.4) is 0 Å². The minimum absolute atomic E-state index is 0.0588. The van der Waals surface area contributed by atoms with Gasteiger partial charge in [-0.3, -0.25) is 9.69 Å². The molecule has 1 fully saturated rings. The summed E-state index contributed by atoms with van der Waals surface area (Å²) < 4.78 is 0. The van der Waals surface area contributed by atoms with E-state index < -0.39 is 5.54 Å². The molecule has 1 N–H and O–H groups in total. The standard InChI is InChI=1S/C19H27N3O/c1-14(2)19(4,13-20)21-18(23)15(3)22-11-10-17(12-22)16-8-6-5-7-9-16/h5-9,14-15,17H,10-12H2,1-4H3,(H,21,23)/t15-,17-,19-/m1/s1. The van der Waals surface area contributed by atoms with E-state index in [4.69, 9.17) is 0 Å². The molecule has 3 atom stereocenters. The SMILES string of the molecule is CC(C)[C@@](C)(C#N)NC(=O)[C@@H](C)N1CC[C@@H](c2ccccc2)C1. The van der Waals surface area contributed by atoms with Gasteiger partial charge in [-0.25, -0.2) is 0 Å². The molecule has 0 radical (unpaired) electrons. The second-order valence-corrected chi connectivity index (χ2v) is 7.03. The number of carbonyl (C=O) groups is 1. The van der Waals surface area contributed by atoms with Crippen LogP contribution in [0.25, 0.3) is 0 Å². The second kappa shape index (κ2) is 7.14. The third-order valence-corrected chi connectivity index (χ3v) is 5.19. The molecule has 1 aromatic rings. The normalized spacial score (nSPS) is 22.3. The van der Waals surface area contributed by atoms with Crippen molar-refractivity contribution >= 4 is 5.91 Å². The van der Waals surface area contributed by atoms with Gasteiger partial charge in [-0.1, -0.05) is 44.2 Å². The first-order valence-corrected chi connectivity index (χ1v) is 8.39. The van der Waals surface area contributed by atoms with Crippen molar-refractivity contribution in [3.63, 3.8) is 0 Å². The first-order valence-electron chi connectivity index (χ1n) is 8.39. The summed E-state index contributed by atoms with van der Waals surface area (Å²) in [6.07, 6.45) is 1.07. The van der Waals surface area contributed by atoms with E-state index in [1.54, 1.807) is 6.92 Å². The zero-order chi connectivity index (χ0) is 17.0. The summed E-state index contributed by atoms with van der Waals surface area (Å²) in [5, 5.41) is 12.3. The van der Waals surface area contributed by atoms with E-state index in [2.05, 4.69) is 40.6 Å². The highest BCUT2D eigenvalue weighted by Crippen LogP contribution is 2.28. The van der Waals surface area contributed by atoms with E-state index in [1.165, 1.54) is 5.56 Å². The molecule has 0 saturated carbocycles. The van der Waals surface area contributed by atoms with E-state index in [9.17, 15) is 10.1 Å². The van der Waals surface area contributed by atoms with Crippen LogP contribution in [0.2, 0.25) is 0 Å². The molecular formula is C19H27N3O. The monoisotopic (exact) mass is 313 g/mol. The second-order valence-electron chi connectivity index (χ2n) is 7.03. The Kier molecular flexibility index (Phi) is 5.43. The average molecular weight is 313 g/mol. The highest BCUT2D eigenvalue weighted by atomic mass is 16.2. The third kappa shape index (κ3) is 3.92. The van der Waals surface area contributed by atoms with Gasteiger partial charge in [0.05, 0.1) is 12.1 Å². The number of nitrogens with zero attached hydrogens (tertiary/aromatic N) is 2. The number of rotatable bonds is 5. The fourth-order valence-corrected chi connectivity index (χ4v) is 2.96. The number of hydrogen-bond donors (Lipinski definition) is 1. The lowest BCUT2D eigenvalue weighted by molar-refractivity contribution is -0.127. The lowest BCUT2D eigenvalue weighted by Crippen LogP contribution is -2.54. The zero-order valence-electron chi connectivity index (χ0n) is 14.5. The molecule has 124 valence electrons. The van der Waals surface area contributed by atoms with Crippen molar-refractivity contribution in [2.75, 3.05) is 13.1 Å². The molecule has 1 aliphatic heterocycles. The fraction of sp³-hybridized carbons (Fsp3) is 0.579. The van der Waals surface area contributed by atoms with E-state index in [0.717, 1.165) is 19.5 Å². The molecule has 1 amide bonds. The summed E-state index contributed by atoms with van der Waals surface area (Å²) in [6, 6.07) is 12.5. The lowest BCUT2D eigenvalue weighted by Gasteiger charge is -2.31. The van der Waals surface area contributed by atoms with Gasteiger partial charge >= 0.3 is 0 Å². The maximum absolute atomic E-state index is 12.5. The predicted molar refractivity (Wildman–Crippen MR) is 91.8 cm³/mol. The van der Waals surface area contributed by atoms with Crippen LogP contribution in [-0.4, -0.2) is 35.5 Å². The average Bonchev–Trinajstić information content (AvgIpc) is 3.04. The molecule has 0 aromatic heterocycles. The van der Waals surface area contributed by atoms with Crippen molar-refractivity contribution in [1.82, 2.24) is 10.2 Å². The maximum Gasteiger partial charge on any atom is 0.238 e. The maximum atomic E-state index is 12.5. The van der Waals surface area contributed by atoms with E-state index in [0.29, 0.717) is 5.92 Å². The van der Waals surface area contributed by atoms with Crippen LogP contribution in [0.5, 0.6) is 0 Å². The van der Waals surface area contributed by atoms with Gasteiger partial charge in [-0.15, -0.1) is 0 Å². The first-order chi connectivity index (χ1) is 10.9. The third-order valence-electron chi connectivity index (χ3n) is 5.19. The highest BCUT2D eigenvalue weighted by Gasteiger charge is 2.35. The number of benzene rings is 1. The Hall–Kier alpha value is -1.86. The fourth-order valence-electron chi connectivity index (χ4n) is 2.96. The molecular weight excluding hydrogens is 286 g/mol. The van der Waals surface area contributed by atoms with Crippen LogP contribution in [0.1, 0.15) is 45.6 Å². The Bertz CT molecular complexity index is 578. The molecule has 0 bridgehead atoms. The van der Waals surface area contributed by atoms with Crippen molar-refractivity contribution in [2.24, 2.45) is 5.92 Å². The zero-order valence-corrected chi connectivity index (χ0v) is 14.5. The van der Waals surface area contributed by atoms with Crippen molar-refractivity contribution in [1.29, 1.82) is 5.26 Å². The summed E-state index contributed by atoms with van der Waals surface area (Å²) in [5.74, 6) is 0.495. The smallest absolute Gasteiger partial charge is 0.238 e. The molecule has 1 aliphatic rings. The topological polar surface area (TPSA) is 56.1 Å². The Labute approximate surface area is 139 Å². The Morgan fingerprint density at radius 1 is 1.35 bits per heavy atom. The number of nitriles is 1. The van der Waals surface area contributed by atoms with E-state index in [-0.39, 0.29) is 17.9 Å². The van der Waals surface area contributed by atoms with E-state index in [1.807, 2.05) is 26.8 Å². The molecule has 0 unspecified atom stereocenters. The van der Waals surface area contributed by atoms with Gasteiger partial charge in [0.1, 0.15) is 5.54 Å². The predicted octanol–water partition coefficient (Wildman–Crippen LogP) is 2.92. The molecule has 0 spiro atoms. The van der Waals surface area contributed by atoms with Crippen LogP contribution >= 0.6 is 0 Å². The number of likely N-dealkylation sites (tertiary alicyclic amines) is 1. The minimum atomic E-state index is -0.816. The van der Waals surface area contributed by atoms with Crippen molar-refractivity contribution in [2.45, 2.75) is 51.6 Å². The van der Waals surface area contributed by atoms with Gasteiger partial charge in [0.15, 0.2) is 0 Å². The van der Waals surface area contributed by atoms with Gasteiger partial charge in [0.25, 0.3) is 0 Å². The molecule has 1 heterocycles. The van der Waals surface area contributed by atoms with E-state index >= 15 is 0 Å². The van der Waals surface area contributed by atoms with Gasteiger partial charge < -0.3 is 5.32 Å². The van der Waals surface area contributed by atoms with Crippen molar-refractivity contribution in [3.8, 4) is 6.07 Å². The summed E-state index contributed by atoms with van der Waals surface area (Å²) in [5.41, 5.74) is 0.524. The van der Waals surface area contributed by atoms with Gasteiger partial charge in [-0.05, 0) is 44.2 Å². The first kappa shape index (κ1) is 17.5. The van der Waals surface area contributed by atoms with Gasteiger partial charge in [0.2, 0.25) is 5.91 Å². The summed E-state index contributed by atoms with van der Waals surface area (Å²) in [7, 11) is 0. The highest BCUT2D eigenvalue weighted by molar-refractivity contribution is 5.82. The summed E-state index contributed by atoms with van der Waals surface area (Å²) in [4.78, 5) is 14.8. The number of carbonyl (C=O) groups excluding carboxylic acids is 1. The quantitative estimate of drug-likeness (QED) is 0.909. The largest absolute Gasteiger partial charge is 0.336 e. The number of nitrogens with one attached hydrogen (secondary N) is 1. The van der Waals surface area contributed by atoms with Gasteiger partial charge in [-0.2, -0.15) is 5.26 Å². The number of hydrogen-bond acceptors (Lipinski definition) is 3. The Morgan fingerprint density at radius 3 is 2.57 bits per heavy atom. The van der Waals surface area contributed by atoms with Crippen molar-refractivity contribution < 1.29 is 4.79 Å². The summed E-state index contributed by atoms with van der Waals surface area (Å²) >= 11 is 0.